The van der Waals surface area contributed by atoms with Crippen LogP contribution in [0.4, 0.5) is 0 Å². The summed E-state index contributed by atoms with van der Waals surface area (Å²) in [6.07, 6.45) is 19.5. The quantitative estimate of drug-likeness (QED) is 0.261. The Morgan fingerprint density at radius 2 is 1.26 bits per heavy atom. The van der Waals surface area contributed by atoms with Gasteiger partial charge in [-0.3, -0.25) is 9.59 Å². The molecule has 0 aromatic rings. The zero-order chi connectivity index (χ0) is 17.2. The van der Waals surface area contributed by atoms with Crippen LogP contribution in [-0.2, 0) is 9.59 Å². The van der Waals surface area contributed by atoms with E-state index in [0.29, 0.717) is 18.6 Å². The molecule has 0 spiro atoms. The Balaban J connectivity index is 3.22. The van der Waals surface area contributed by atoms with Crippen molar-refractivity contribution in [2.24, 2.45) is 0 Å². The van der Waals surface area contributed by atoms with Crippen LogP contribution in [-0.4, -0.2) is 16.9 Å². The lowest BCUT2D eigenvalue weighted by Crippen LogP contribution is -1.96. The van der Waals surface area contributed by atoms with E-state index in [1.165, 1.54) is 38.5 Å². The van der Waals surface area contributed by atoms with Crippen LogP contribution in [0.2, 0.25) is 0 Å². The molecule has 0 radical (unpaired) electrons. The van der Waals surface area contributed by atoms with Crippen molar-refractivity contribution in [3.8, 4) is 0 Å². The molecule has 3 heteroatoms. The van der Waals surface area contributed by atoms with Crippen molar-refractivity contribution < 1.29 is 14.7 Å². The minimum Gasteiger partial charge on any atom is -0.481 e. The summed E-state index contributed by atoms with van der Waals surface area (Å²) in [5, 5.41) is 8.53. The minimum absolute atomic E-state index is 0.311. The van der Waals surface area contributed by atoms with Gasteiger partial charge >= 0.3 is 5.97 Å². The maximum absolute atomic E-state index is 11.6. The zero-order valence-electron chi connectivity index (χ0n) is 15.0. The van der Waals surface area contributed by atoms with Crippen molar-refractivity contribution in [2.45, 2.75) is 103 Å². The molecule has 0 atom stereocenters. The molecule has 0 heterocycles. The molecule has 1 N–H and O–H groups in total. The van der Waals surface area contributed by atoms with Crippen LogP contribution < -0.4 is 0 Å². The van der Waals surface area contributed by atoms with Gasteiger partial charge in [-0.05, 0) is 32.1 Å². The molecule has 0 rings (SSSR count). The molecule has 134 valence electrons. The number of aliphatic carboxylic acids is 1. The summed E-state index contributed by atoms with van der Waals surface area (Å²) < 4.78 is 0. The van der Waals surface area contributed by atoms with Crippen molar-refractivity contribution in [2.75, 3.05) is 0 Å². The summed E-state index contributed by atoms with van der Waals surface area (Å²) in [4.78, 5) is 21.9. The van der Waals surface area contributed by atoms with E-state index in [1.807, 2.05) is 0 Å². The van der Waals surface area contributed by atoms with Crippen LogP contribution in [0.25, 0.3) is 0 Å². The van der Waals surface area contributed by atoms with E-state index in [4.69, 9.17) is 5.11 Å². The highest BCUT2D eigenvalue weighted by Gasteiger charge is 1.99. The molecule has 23 heavy (non-hydrogen) atoms. The number of carbonyl (C=O) groups is 2. The average molecular weight is 325 g/mol. The first-order valence-electron chi connectivity index (χ1n) is 9.55. The van der Waals surface area contributed by atoms with Crippen LogP contribution in [0.5, 0.6) is 0 Å². The number of carboxylic acids is 1. The van der Waals surface area contributed by atoms with Crippen molar-refractivity contribution in [1.29, 1.82) is 0 Å². The second kappa shape index (κ2) is 17.2. The fraction of sp³-hybridized carbons (Fsp3) is 0.800. The van der Waals surface area contributed by atoms with Crippen LogP contribution in [0.3, 0.4) is 0 Å². The predicted molar refractivity (Wildman–Crippen MR) is 96.7 cm³/mol. The smallest absolute Gasteiger partial charge is 0.303 e. The van der Waals surface area contributed by atoms with Crippen LogP contribution in [0.1, 0.15) is 103 Å². The molecule has 0 saturated heterocycles. The standard InChI is InChI=1S/C20H36O3/c1-2-3-13-16-19(21)17-14-11-9-7-5-4-6-8-10-12-15-18-20(22)23/h9,11H,2-8,10,12-18H2,1H3,(H,22,23)/b11-9+. The van der Waals surface area contributed by atoms with E-state index in [2.05, 4.69) is 19.1 Å². The molecule has 0 aliphatic heterocycles. The molecular weight excluding hydrogens is 288 g/mol. The Morgan fingerprint density at radius 3 is 1.91 bits per heavy atom. The largest absolute Gasteiger partial charge is 0.481 e. The monoisotopic (exact) mass is 324 g/mol. The van der Waals surface area contributed by atoms with E-state index in [-0.39, 0.29) is 0 Å². The molecule has 0 aliphatic carbocycles. The topological polar surface area (TPSA) is 54.4 Å². The number of Topliss-reactive ketones (excluding diaryl/α,β-unsaturated/α-hetero) is 1. The Morgan fingerprint density at radius 1 is 0.696 bits per heavy atom. The Kier molecular flexibility index (Phi) is 16.4. The molecule has 0 unspecified atom stereocenters. The number of allylic oxidation sites excluding steroid dienone is 2. The molecule has 0 saturated carbocycles. The number of hydrogen-bond acceptors (Lipinski definition) is 2. The summed E-state index contributed by atoms with van der Waals surface area (Å²) in [5.41, 5.74) is 0. The maximum Gasteiger partial charge on any atom is 0.303 e. The van der Waals surface area contributed by atoms with Crippen molar-refractivity contribution in [1.82, 2.24) is 0 Å². The van der Waals surface area contributed by atoms with Gasteiger partial charge in [0.05, 0.1) is 0 Å². The second-order valence-electron chi connectivity index (χ2n) is 6.41. The fourth-order valence-corrected chi connectivity index (χ4v) is 2.60. The normalized spacial score (nSPS) is 11.2. The van der Waals surface area contributed by atoms with Gasteiger partial charge in [0.1, 0.15) is 5.78 Å². The summed E-state index contributed by atoms with van der Waals surface area (Å²) in [6, 6.07) is 0. The van der Waals surface area contributed by atoms with E-state index in [0.717, 1.165) is 44.9 Å². The second-order valence-corrected chi connectivity index (χ2v) is 6.41. The first-order valence-corrected chi connectivity index (χ1v) is 9.55. The van der Waals surface area contributed by atoms with E-state index >= 15 is 0 Å². The van der Waals surface area contributed by atoms with Gasteiger partial charge in [0.2, 0.25) is 0 Å². The van der Waals surface area contributed by atoms with Crippen molar-refractivity contribution in [3.63, 3.8) is 0 Å². The Hall–Kier alpha value is -1.12. The van der Waals surface area contributed by atoms with Gasteiger partial charge in [-0.25, -0.2) is 0 Å². The lowest BCUT2D eigenvalue weighted by molar-refractivity contribution is -0.137. The molecule has 0 aromatic heterocycles. The number of carboxylic acid groups (broad SMARTS) is 1. The Bertz CT molecular complexity index is 321. The molecule has 0 amide bonds. The molecule has 0 fully saturated rings. The number of unbranched alkanes of at least 4 members (excludes halogenated alkanes) is 9. The fourth-order valence-electron chi connectivity index (χ4n) is 2.60. The van der Waals surface area contributed by atoms with Gasteiger partial charge < -0.3 is 5.11 Å². The molecule has 0 aliphatic rings. The van der Waals surface area contributed by atoms with Crippen molar-refractivity contribution >= 4 is 11.8 Å². The van der Waals surface area contributed by atoms with E-state index < -0.39 is 5.97 Å². The van der Waals surface area contributed by atoms with Crippen molar-refractivity contribution in [3.05, 3.63) is 12.2 Å². The van der Waals surface area contributed by atoms with Gasteiger partial charge in [0.25, 0.3) is 0 Å². The lowest BCUT2D eigenvalue weighted by atomic mass is 10.1. The number of rotatable bonds is 17. The SMILES string of the molecule is CCCCCC(=O)CC/C=C/CCCCCCCCCC(=O)O. The molecule has 0 aromatic carbocycles. The zero-order valence-corrected chi connectivity index (χ0v) is 15.0. The first kappa shape index (κ1) is 21.9. The summed E-state index contributed by atoms with van der Waals surface area (Å²) in [5.74, 6) is -0.273. The summed E-state index contributed by atoms with van der Waals surface area (Å²) in [7, 11) is 0. The van der Waals surface area contributed by atoms with Crippen LogP contribution >= 0.6 is 0 Å². The summed E-state index contributed by atoms with van der Waals surface area (Å²) >= 11 is 0. The van der Waals surface area contributed by atoms with E-state index in [1.54, 1.807) is 0 Å². The lowest BCUT2D eigenvalue weighted by Gasteiger charge is -2.00. The highest BCUT2D eigenvalue weighted by atomic mass is 16.4. The third kappa shape index (κ3) is 18.8. The summed E-state index contributed by atoms with van der Waals surface area (Å²) in [6.45, 7) is 2.16. The Labute approximate surface area is 142 Å². The van der Waals surface area contributed by atoms with Gasteiger partial charge in [0, 0.05) is 19.3 Å². The average Bonchev–Trinajstić information content (AvgIpc) is 2.51. The number of carbonyl (C=O) groups excluding carboxylic acids is 1. The van der Waals surface area contributed by atoms with E-state index in [9.17, 15) is 9.59 Å². The third-order valence-electron chi connectivity index (χ3n) is 4.08. The molecular formula is C20H36O3. The van der Waals surface area contributed by atoms with Crippen LogP contribution in [0.15, 0.2) is 12.2 Å². The third-order valence-corrected chi connectivity index (χ3v) is 4.08. The molecule has 0 bridgehead atoms. The number of hydrogen-bond donors (Lipinski definition) is 1. The molecule has 3 nitrogen and oxygen atoms in total. The first-order chi connectivity index (χ1) is 11.2. The van der Waals surface area contributed by atoms with Gasteiger partial charge in [-0.2, -0.15) is 0 Å². The number of ketones is 1. The van der Waals surface area contributed by atoms with Crippen LogP contribution in [0, 0.1) is 0 Å². The predicted octanol–water partition coefficient (Wildman–Crippen LogP) is 6.07. The van der Waals surface area contributed by atoms with Gasteiger partial charge in [-0.15, -0.1) is 0 Å². The highest BCUT2D eigenvalue weighted by molar-refractivity contribution is 5.78. The minimum atomic E-state index is -0.681. The highest BCUT2D eigenvalue weighted by Crippen LogP contribution is 2.10. The van der Waals surface area contributed by atoms with Gasteiger partial charge in [0.15, 0.2) is 0 Å². The van der Waals surface area contributed by atoms with Gasteiger partial charge in [-0.1, -0.05) is 64.0 Å². The maximum atomic E-state index is 11.6.